The van der Waals surface area contributed by atoms with Crippen molar-refractivity contribution in [2.75, 3.05) is 26.8 Å². The van der Waals surface area contributed by atoms with E-state index >= 15 is 0 Å². The number of likely N-dealkylation sites (N-methyl/N-ethyl adjacent to an activating group) is 1. The van der Waals surface area contributed by atoms with E-state index in [2.05, 4.69) is 0 Å². The third-order valence-electron chi connectivity index (χ3n) is 2.93. The number of hydrogen-bond donors (Lipinski definition) is 1. The highest BCUT2D eigenvalue weighted by molar-refractivity contribution is 5.81. The molecular weight excluding hydrogens is 176 g/mol. The molecule has 3 heteroatoms. The summed E-state index contributed by atoms with van der Waals surface area (Å²) in [7, 11) is 2.00. The second-order valence-electron chi connectivity index (χ2n) is 3.99. The Labute approximate surface area is 86.9 Å². The molecule has 1 N–H and O–H groups in total. The van der Waals surface area contributed by atoms with Crippen LogP contribution in [0.4, 0.5) is 0 Å². The van der Waals surface area contributed by atoms with Crippen LogP contribution < -0.4 is 0 Å². The van der Waals surface area contributed by atoms with Crippen molar-refractivity contribution in [2.24, 2.45) is 5.92 Å². The SMILES string of the molecule is CCOCCN(C)C(=N)C1CCCC1. The summed E-state index contributed by atoms with van der Waals surface area (Å²) in [6.07, 6.45) is 5.01. The molecule has 1 saturated carbocycles. The lowest BCUT2D eigenvalue weighted by molar-refractivity contribution is 0.135. The maximum atomic E-state index is 8.00. The Morgan fingerprint density at radius 3 is 2.64 bits per heavy atom. The lowest BCUT2D eigenvalue weighted by Gasteiger charge is -2.23. The van der Waals surface area contributed by atoms with Crippen molar-refractivity contribution in [3.63, 3.8) is 0 Å². The highest BCUT2D eigenvalue weighted by Gasteiger charge is 2.21. The fourth-order valence-electron chi connectivity index (χ4n) is 1.98. The highest BCUT2D eigenvalue weighted by atomic mass is 16.5. The molecule has 0 aromatic rings. The van der Waals surface area contributed by atoms with Crippen LogP contribution in [0.5, 0.6) is 0 Å². The Hall–Kier alpha value is -0.570. The van der Waals surface area contributed by atoms with Crippen LogP contribution in [0.25, 0.3) is 0 Å². The second kappa shape index (κ2) is 6.02. The van der Waals surface area contributed by atoms with Crippen LogP contribution in [0, 0.1) is 11.3 Å². The van der Waals surface area contributed by atoms with Gasteiger partial charge in [-0.15, -0.1) is 0 Å². The maximum Gasteiger partial charge on any atom is 0.0987 e. The number of nitrogens with one attached hydrogen (secondary N) is 1. The largest absolute Gasteiger partial charge is 0.380 e. The minimum Gasteiger partial charge on any atom is -0.380 e. The van der Waals surface area contributed by atoms with Gasteiger partial charge in [-0.25, -0.2) is 0 Å². The molecule has 0 bridgehead atoms. The second-order valence-corrected chi connectivity index (χ2v) is 3.99. The van der Waals surface area contributed by atoms with Gasteiger partial charge in [-0.2, -0.15) is 0 Å². The quantitative estimate of drug-likeness (QED) is 0.417. The molecule has 0 unspecified atom stereocenters. The third-order valence-corrected chi connectivity index (χ3v) is 2.93. The summed E-state index contributed by atoms with van der Waals surface area (Å²) < 4.78 is 5.28. The van der Waals surface area contributed by atoms with Gasteiger partial charge in [-0.1, -0.05) is 12.8 Å². The molecule has 0 aromatic carbocycles. The van der Waals surface area contributed by atoms with Gasteiger partial charge < -0.3 is 9.64 Å². The van der Waals surface area contributed by atoms with Crippen LogP contribution in [-0.2, 0) is 4.74 Å². The summed E-state index contributed by atoms with van der Waals surface area (Å²) in [6, 6.07) is 0. The molecule has 0 heterocycles. The van der Waals surface area contributed by atoms with E-state index in [9.17, 15) is 0 Å². The number of amidine groups is 1. The minimum absolute atomic E-state index is 0.515. The molecule has 1 aliphatic rings. The molecule has 0 radical (unpaired) electrons. The number of hydrogen-bond acceptors (Lipinski definition) is 2. The van der Waals surface area contributed by atoms with Crippen LogP contribution in [0.2, 0.25) is 0 Å². The summed E-state index contributed by atoms with van der Waals surface area (Å²) in [5.74, 6) is 1.32. The predicted molar refractivity (Wildman–Crippen MR) is 58.8 cm³/mol. The average Bonchev–Trinajstić information content (AvgIpc) is 2.69. The Balaban J connectivity index is 2.21. The molecule has 1 rings (SSSR count). The van der Waals surface area contributed by atoms with E-state index in [1.807, 2.05) is 18.9 Å². The van der Waals surface area contributed by atoms with Crippen molar-refractivity contribution in [2.45, 2.75) is 32.6 Å². The first kappa shape index (κ1) is 11.5. The molecule has 3 nitrogen and oxygen atoms in total. The van der Waals surface area contributed by atoms with E-state index in [4.69, 9.17) is 10.1 Å². The maximum absolute atomic E-state index is 8.00. The first-order chi connectivity index (χ1) is 6.75. The Morgan fingerprint density at radius 2 is 2.07 bits per heavy atom. The van der Waals surface area contributed by atoms with Gasteiger partial charge in [0.05, 0.1) is 12.4 Å². The highest BCUT2D eigenvalue weighted by Crippen LogP contribution is 2.26. The van der Waals surface area contributed by atoms with Gasteiger partial charge in [0.2, 0.25) is 0 Å². The molecule has 0 aliphatic heterocycles. The molecule has 82 valence electrons. The van der Waals surface area contributed by atoms with Crippen LogP contribution in [0.1, 0.15) is 32.6 Å². The smallest absolute Gasteiger partial charge is 0.0987 e. The number of ether oxygens (including phenoxy) is 1. The van der Waals surface area contributed by atoms with Gasteiger partial charge in [0.25, 0.3) is 0 Å². The number of nitrogens with zero attached hydrogens (tertiary/aromatic N) is 1. The normalized spacial score (nSPS) is 17.3. The molecule has 0 spiro atoms. The molecule has 0 amide bonds. The molecule has 0 saturated heterocycles. The van der Waals surface area contributed by atoms with Crippen molar-refractivity contribution in [1.82, 2.24) is 4.90 Å². The van der Waals surface area contributed by atoms with Gasteiger partial charge in [0, 0.05) is 26.1 Å². The van der Waals surface area contributed by atoms with Crippen LogP contribution in [0.3, 0.4) is 0 Å². The van der Waals surface area contributed by atoms with Crippen molar-refractivity contribution in [3.8, 4) is 0 Å². The zero-order valence-electron chi connectivity index (χ0n) is 9.38. The van der Waals surface area contributed by atoms with Crippen LogP contribution in [-0.4, -0.2) is 37.5 Å². The van der Waals surface area contributed by atoms with Crippen molar-refractivity contribution < 1.29 is 4.74 Å². The Kier molecular flexibility index (Phi) is 4.94. The van der Waals surface area contributed by atoms with Gasteiger partial charge in [0.1, 0.15) is 0 Å². The summed E-state index contributed by atoms with van der Waals surface area (Å²) in [4.78, 5) is 2.03. The molecule has 0 atom stereocenters. The van der Waals surface area contributed by atoms with Gasteiger partial charge in [-0.05, 0) is 19.8 Å². The lowest BCUT2D eigenvalue weighted by atomic mass is 10.1. The van der Waals surface area contributed by atoms with E-state index in [0.717, 1.165) is 25.6 Å². The van der Waals surface area contributed by atoms with E-state index in [-0.39, 0.29) is 0 Å². The summed E-state index contributed by atoms with van der Waals surface area (Å²) in [5, 5.41) is 8.00. The van der Waals surface area contributed by atoms with E-state index < -0.39 is 0 Å². The Morgan fingerprint density at radius 1 is 1.43 bits per heavy atom. The van der Waals surface area contributed by atoms with Crippen LogP contribution in [0.15, 0.2) is 0 Å². The standard InChI is InChI=1S/C11H22N2O/c1-3-14-9-8-13(2)11(12)10-6-4-5-7-10/h10,12H,3-9H2,1-2H3. The van der Waals surface area contributed by atoms with E-state index in [0.29, 0.717) is 5.92 Å². The predicted octanol–water partition coefficient (Wildman–Crippen LogP) is 2.12. The fraction of sp³-hybridized carbons (Fsp3) is 0.909. The minimum atomic E-state index is 0.515. The number of rotatable bonds is 5. The molecule has 1 aliphatic carbocycles. The fourth-order valence-corrected chi connectivity index (χ4v) is 1.98. The molecular formula is C11H22N2O. The first-order valence-corrected chi connectivity index (χ1v) is 5.63. The van der Waals surface area contributed by atoms with Crippen molar-refractivity contribution in [1.29, 1.82) is 5.41 Å². The third kappa shape index (κ3) is 3.29. The van der Waals surface area contributed by atoms with Crippen molar-refractivity contribution in [3.05, 3.63) is 0 Å². The first-order valence-electron chi connectivity index (χ1n) is 5.63. The van der Waals surface area contributed by atoms with Gasteiger partial charge in [-0.3, -0.25) is 5.41 Å². The van der Waals surface area contributed by atoms with Crippen molar-refractivity contribution >= 4 is 5.84 Å². The van der Waals surface area contributed by atoms with Gasteiger partial charge >= 0.3 is 0 Å². The molecule has 0 aromatic heterocycles. The zero-order chi connectivity index (χ0) is 10.4. The summed E-state index contributed by atoms with van der Waals surface area (Å²) in [6.45, 7) is 4.36. The van der Waals surface area contributed by atoms with Crippen LogP contribution >= 0.6 is 0 Å². The van der Waals surface area contributed by atoms with E-state index in [1.54, 1.807) is 0 Å². The average molecular weight is 198 g/mol. The van der Waals surface area contributed by atoms with Gasteiger partial charge in [0.15, 0.2) is 0 Å². The lowest BCUT2D eigenvalue weighted by Crippen LogP contribution is -2.33. The zero-order valence-corrected chi connectivity index (χ0v) is 9.38. The molecule has 14 heavy (non-hydrogen) atoms. The summed E-state index contributed by atoms with van der Waals surface area (Å²) >= 11 is 0. The molecule has 1 fully saturated rings. The van der Waals surface area contributed by atoms with E-state index in [1.165, 1.54) is 25.7 Å². The topological polar surface area (TPSA) is 36.3 Å². The summed E-state index contributed by atoms with van der Waals surface area (Å²) in [5.41, 5.74) is 0. The monoisotopic (exact) mass is 198 g/mol. The Bertz CT molecular complexity index is 176.